The second kappa shape index (κ2) is 9.40. The third kappa shape index (κ3) is 5.25. The van der Waals surface area contributed by atoms with Gasteiger partial charge < -0.3 is 20.1 Å². The number of rotatable bonds is 7. The largest absolute Gasteiger partial charge is 0.497 e. The Kier molecular flexibility index (Phi) is 6.88. The quantitative estimate of drug-likeness (QED) is 0.667. The van der Waals surface area contributed by atoms with E-state index in [1.54, 1.807) is 24.3 Å². The lowest BCUT2D eigenvalue weighted by Crippen LogP contribution is -2.18. The van der Waals surface area contributed by atoms with Crippen LogP contribution in [-0.4, -0.2) is 46.0 Å². The summed E-state index contributed by atoms with van der Waals surface area (Å²) in [5.74, 6) is 0.616. The minimum Gasteiger partial charge on any atom is -0.497 e. The van der Waals surface area contributed by atoms with Gasteiger partial charge in [-0.3, -0.25) is 9.59 Å². The van der Waals surface area contributed by atoms with Crippen molar-refractivity contribution in [2.45, 2.75) is 22.6 Å². The Morgan fingerprint density at radius 3 is 2.70 bits per heavy atom. The number of carbonyl (C=O) groups is 2. The molecule has 0 atom stereocenters. The topological polar surface area (TPSA) is 111 Å². The van der Waals surface area contributed by atoms with Gasteiger partial charge in [0.25, 0.3) is 0 Å². The number of benzene rings is 2. The van der Waals surface area contributed by atoms with E-state index < -0.39 is 15.7 Å². The highest BCUT2D eigenvalue weighted by molar-refractivity contribution is 7.99. The molecule has 0 radical (unpaired) electrons. The SMILES string of the molecule is COc1ccc(OC)c(NC(=O)CCS(=O)(=O)c2ccc3c(c2)NC(=O)CCS3)c1. The minimum absolute atomic E-state index is 0.0656. The lowest BCUT2D eigenvalue weighted by molar-refractivity contribution is -0.116. The number of methoxy groups -OCH3 is 2. The van der Waals surface area contributed by atoms with Crippen LogP contribution in [0.5, 0.6) is 11.5 Å². The molecule has 0 spiro atoms. The second-order valence-corrected chi connectivity index (χ2v) is 9.73. The molecule has 0 saturated carbocycles. The van der Waals surface area contributed by atoms with Crippen LogP contribution in [-0.2, 0) is 19.4 Å². The zero-order valence-electron chi connectivity index (χ0n) is 16.6. The van der Waals surface area contributed by atoms with Gasteiger partial charge in [0, 0.05) is 29.6 Å². The van der Waals surface area contributed by atoms with Crippen molar-refractivity contribution < 1.29 is 27.5 Å². The Morgan fingerprint density at radius 1 is 1.17 bits per heavy atom. The van der Waals surface area contributed by atoms with Gasteiger partial charge in [-0.25, -0.2) is 8.42 Å². The molecule has 1 heterocycles. The maximum Gasteiger partial charge on any atom is 0.225 e. The molecule has 0 unspecified atom stereocenters. The summed E-state index contributed by atoms with van der Waals surface area (Å²) in [7, 11) is -0.745. The number of carbonyl (C=O) groups excluding carboxylic acids is 2. The van der Waals surface area contributed by atoms with Crippen LogP contribution in [0.2, 0.25) is 0 Å². The van der Waals surface area contributed by atoms with Crippen LogP contribution in [0, 0.1) is 0 Å². The van der Waals surface area contributed by atoms with Gasteiger partial charge in [0.05, 0.1) is 36.2 Å². The maximum absolute atomic E-state index is 12.7. The molecule has 2 N–H and O–H groups in total. The fourth-order valence-corrected chi connectivity index (χ4v) is 5.06. The first kappa shape index (κ1) is 22.0. The van der Waals surface area contributed by atoms with Crippen molar-refractivity contribution in [1.82, 2.24) is 0 Å². The summed E-state index contributed by atoms with van der Waals surface area (Å²) in [4.78, 5) is 25.0. The third-order valence-corrected chi connectivity index (χ3v) is 7.24. The fourth-order valence-electron chi connectivity index (χ4n) is 2.86. The maximum atomic E-state index is 12.7. The van der Waals surface area contributed by atoms with E-state index in [9.17, 15) is 18.0 Å². The molecule has 160 valence electrons. The molecule has 10 heteroatoms. The molecule has 2 amide bonds. The number of amides is 2. The first-order chi connectivity index (χ1) is 14.3. The van der Waals surface area contributed by atoms with E-state index in [0.29, 0.717) is 35.0 Å². The molecular formula is C20H22N2O6S2. The molecule has 2 aromatic carbocycles. The van der Waals surface area contributed by atoms with Gasteiger partial charge in [0.15, 0.2) is 9.84 Å². The molecule has 0 bridgehead atoms. The molecule has 1 aliphatic rings. The molecule has 0 fully saturated rings. The van der Waals surface area contributed by atoms with Gasteiger partial charge in [0.1, 0.15) is 11.5 Å². The van der Waals surface area contributed by atoms with Gasteiger partial charge in [-0.1, -0.05) is 0 Å². The van der Waals surface area contributed by atoms with Gasteiger partial charge in [-0.05, 0) is 30.3 Å². The van der Waals surface area contributed by atoms with Gasteiger partial charge in [0.2, 0.25) is 11.8 Å². The number of anilines is 2. The van der Waals surface area contributed by atoms with Crippen LogP contribution in [0.25, 0.3) is 0 Å². The minimum atomic E-state index is -3.72. The zero-order valence-corrected chi connectivity index (χ0v) is 18.2. The van der Waals surface area contributed by atoms with Crippen LogP contribution < -0.4 is 20.1 Å². The standard InChI is InChI=1S/C20H22N2O6S2/c1-27-13-3-5-17(28-2)15(11-13)21-20(24)8-10-30(25,26)14-4-6-18-16(12-14)22-19(23)7-9-29-18/h3-6,11-12H,7-10H2,1-2H3,(H,21,24)(H,22,23). The molecular weight excluding hydrogens is 428 g/mol. The molecule has 0 aliphatic carbocycles. The second-order valence-electron chi connectivity index (χ2n) is 6.49. The first-order valence-corrected chi connectivity index (χ1v) is 11.8. The van der Waals surface area contributed by atoms with Gasteiger partial charge >= 0.3 is 0 Å². The average molecular weight is 451 g/mol. The normalized spacial score (nSPS) is 13.6. The van der Waals surface area contributed by atoms with Crippen molar-refractivity contribution in [3.8, 4) is 11.5 Å². The van der Waals surface area contributed by atoms with E-state index in [4.69, 9.17) is 9.47 Å². The molecule has 1 aliphatic heterocycles. The molecule has 30 heavy (non-hydrogen) atoms. The summed E-state index contributed by atoms with van der Waals surface area (Å²) >= 11 is 1.49. The van der Waals surface area contributed by atoms with E-state index in [1.165, 1.54) is 38.1 Å². The summed E-state index contributed by atoms with van der Waals surface area (Å²) in [6.45, 7) is 0. The van der Waals surface area contributed by atoms with E-state index in [2.05, 4.69) is 10.6 Å². The van der Waals surface area contributed by atoms with Gasteiger partial charge in [-0.2, -0.15) is 0 Å². The van der Waals surface area contributed by atoms with Crippen LogP contribution in [0.4, 0.5) is 11.4 Å². The Balaban J connectivity index is 1.69. The van der Waals surface area contributed by atoms with Crippen molar-refractivity contribution >= 4 is 44.8 Å². The van der Waals surface area contributed by atoms with Crippen LogP contribution in [0.1, 0.15) is 12.8 Å². The third-order valence-electron chi connectivity index (χ3n) is 4.45. The fraction of sp³-hybridized carbons (Fsp3) is 0.300. The van der Waals surface area contributed by atoms with E-state index in [0.717, 1.165) is 4.90 Å². The number of hydrogen-bond donors (Lipinski definition) is 2. The van der Waals surface area contributed by atoms with Crippen LogP contribution >= 0.6 is 11.8 Å². The number of hydrogen-bond acceptors (Lipinski definition) is 7. The lowest BCUT2D eigenvalue weighted by Gasteiger charge is -2.12. The Bertz CT molecular complexity index is 1070. The Morgan fingerprint density at radius 2 is 1.97 bits per heavy atom. The van der Waals surface area contributed by atoms with Crippen molar-refractivity contribution in [2.24, 2.45) is 0 Å². The van der Waals surface area contributed by atoms with E-state index >= 15 is 0 Å². The number of nitrogens with one attached hydrogen (secondary N) is 2. The molecule has 2 aromatic rings. The average Bonchev–Trinajstić information content (AvgIpc) is 2.92. The summed E-state index contributed by atoms with van der Waals surface area (Å²) in [6, 6.07) is 9.56. The van der Waals surface area contributed by atoms with Crippen molar-refractivity contribution in [1.29, 1.82) is 0 Å². The zero-order chi connectivity index (χ0) is 21.7. The summed E-state index contributed by atoms with van der Waals surface area (Å²) < 4.78 is 35.8. The Labute approximate surface area is 179 Å². The van der Waals surface area contributed by atoms with E-state index in [-0.39, 0.29) is 23.0 Å². The number of fused-ring (bicyclic) bond motifs is 1. The molecule has 0 aromatic heterocycles. The number of sulfone groups is 1. The first-order valence-electron chi connectivity index (χ1n) is 9.14. The monoisotopic (exact) mass is 450 g/mol. The molecule has 8 nitrogen and oxygen atoms in total. The summed E-state index contributed by atoms with van der Waals surface area (Å²) in [5, 5.41) is 5.38. The summed E-state index contributed by atoms with van der Waals surface area (Å²) in [5.41, 5.74) is 0.873. The van der Waals surface area contributed by atoms with Crippen molar-refractivity contribution in [3.05, 3.63) is 36.4 Å². The molecule has 3 rings (SSSR count). The lowest BCUT2D eigenvalue weighted by atomic mass is 10.2. The van der Waals surface area contributed by atoms with Gasteiger partial charge in [-0.15, -0.1) is 11.8 Å². The van der Waals surface area contributed by atoms with E-state index in [1.807, 2.05) is 0 Å². The highest BCUT2D eigenvalue weighted by Crippen LogP contribution is 2.33. The summed E-state index contributed by atoms with van der Waals surface area (Å²) in [6.07, 6.45) is 0.135. The van der Waals surface area contributed by atoms with Crippen molar-refractivity contribution in [2.75, 3.05) is 36.4 Å². The van der Waals surface area contributed by atoms with Crippen molar-refractivity contribution in [3.63, 3.8) is 0 Å². The highest BCUT2D eigenvalue weighted by atomic mass is 32.2. The number of thioether (sulfide) groups is 1. The van der Waals surface area contributed by atoms with Crippen LogP contribution in [0.15, 0.2) is 46.2 Å². The van der Waals surface area contributed by atoms with Crippen LogP contribution in [0.3, 0.4) is 0 Å². The predicted molar refractivity (Wildman–Crippen MR) is 115 cm³/mol. The smallest absolute Gasteiger partial charge is 0.225 e. The highest BCUT2D eigenvalue weighted by Gasteiger charge is 2.21. The number of ether oxygens (including phenoxy) is 2. The predicted octanol–water partition coefficient (Wildman–Crippen LogP) is 2.94. The molecule has 0 saturated heterocycles. The Hall–Kier alpha value is -2.72.